The fraction of sp³-hybridized carbons (Fsp3) is 0.200. The third-order valence-corrected chi connectivity index (χ3v) is 4.38. The number of halogens is 1. The van der Waals surface area contributed by atoms with Gasteiger partial charge < -0.3 is 9.47 Å². The number of para-hydroxylation sites is 1. The quantitative estimate of drug-likeness (QED) is 0.608. The molecule has 5 nitrogen and oxygen atoms in total. The lowest BCUT2D eigenvalue weighted by molar-refractivity contribution is 0.0469. The number of rotatable bonds is 6. The molecule has 0 bridgehead atoms. The van der Waals surface area contributed by atoms with Crippen LogP contribution in [0.3, 0.4) is 0 Å². The van der Waals surface area contributed by atoms with Crippen molar-refractivity contribution in [1.29, 1.82) is 0 Å². The molecule has 2 aromatic carbocycles. The summed E-state index contributed by atoms with van der Waals surface area (Å²) in [6.07, 6.45) is 0. The topological polar surface area (TPSA) is 53.4 Å². The predicted molar refractivity (Wildman–Crippen MR) is 99.6 cm³/mol. The fourth-order valence-electron chi connectivity index (χ4n) is 2.68. The Morgan fingerprint density at radius 2 is 1.81 bits per heavy atom. The molecular weight excluding hydrogens is 352 g/mol. The number of nitrogens with zero attached hydrogens (tertiary/aromatic N) is 2. The molecule has 0 amide bonds. The number of carbonyl (C=O) groups is 1. The zero-order chi connectivity index (χ0) is 18.5. The van der Waals surface area contributed by atoms with E-state index in [9.17, 15) is 4.79 Å². The summed E-state index contributed by atoms with van der Waals surface area (Å²) in [6, 6.07) is 17.2. The number of hydrogen-bond donors (Lipinski definition) is 0. The standard InChI is InChI=1S/C20H19ClN2O3/c1-14-18(19(21)23(22-14)12-15-8-4-3-5-9-15)20(24)26-13-16-10-6-7-11-17(16)25-2/h3-11H,12-13H2,1-2H3. The molecule has 0 aliphatic carbocycles. The molecule has 1 heterocycles. The summed E-state index contributed by atoms with van der Waals surface area (Å²) in [5.41, 5.74) is 2.66. The molecule has 0 fully saturated rings. The Morgan fingerprint density at radius 1 is 1.12 bits per heavy atom. The third kappa shape index (κ3) is 3.89. The van der Waals surface area contributed by atoms with Crippen LogP contribution in [-0.4, -0.2) is 22.9 Å². The van der Waals surface area contributed by atoms with Gasteiger partial charge in [-0.15, -0.1) is 0 Å². The lowest BCUT2D eigenvalue weighted by Crippen LogP contribution is -2.08. The van der Waals surface area contributed by atoms with Gasteiger partial charge in [0, 0.05) is 5.56 Å². The molecule has 0 saturated heterocycles. The molecule has 26 heavy (non-hydrogen) atoms. The molecule has 0 atom stereocenters. The SMILES string of the molecule is COc1ccccc1COC(=O)c1c(C)nn(Cc2ccccc2)c1Cl. The summed E-state index contributed by atoms with van der Waals surface area (Å²) >= 11 is 6.39. The molecule has 0 aliphatic heterocycles. The van der Waals surface area contributed by atoms with E-state index >= 15 is 0 Å². The molecule has 0 spiro atoms. The van der Waals surface area contributed by atoms with E-state index in [4.69, 9.17) is 21.1 Å². The lowest BCUT2D eigenvalue weighted by Gasteiger charge is -2.09. The highest BCUT2D eigenvalue weighted by molar-refractivity contribution is 6.32. The maximum atomic E-state index is 12.5. The molecule has 0 N–H and O–H groups in total. The van der Waals surface area contributed by atoms with Crippen molar-refractivity contribution in [2.45, 2.75) is 20.1 Å². The van der Waals surface area contributed by atoms with Gasteiger partial charge in [0.15, 0.2) is 0 Å². The highest BCUT2D eigenvalue weighted by Gasteiger charge is 2.22. The first-order chi connectivity index (χ1) is 12.6. The largest absolute Gasteiger partial charge is 0.496 e. The molecule has 0 aliphatic rings. The Labute approximate surface area is 157 Å². The fourth-order valence-corrected chi connectivity index (χ4v) is 3.00. The highest BCUT2D eigenvalue weighted by atomic mass is 35.5. The summed E-state index contributed by atoms with van der Waals surface area (Å²) in [5.74, 6) is 0.167. The van der Waals surface area contributed by atoms with Gasteiger partial charge in [-0.2, -0.15) is 5.10 Å². The monoisotopic (exact) mass is 370 g/mol. The maximum absolute atomic E-state index is 12.5. The van der Waals surface area contributed by atoms with Gasteiger partial charge in [0.2, 0.25) is 0 Å². The van der Waals surface area contributed by atoms with Crippen molar-refractivity contribution in [3.8, 4) is 5.75 Å². The summed E-state index contributed by atoms with van der Waals surface area (Å²) in [6.45, 7) is 2.33. The lowest BCUT2D eigenvalue weighted by atomic mass is 10.2. The number of benzene rings is 2. The summed E-state index contributed by atoms with van der Waals surface area (Å²) in [7, 11) is 1.58. The van der Waals surface area contributed by atoms with E-state index in [0.717, 1.165) is 11.1 Å². The third-order valence-electron chi connectivity index (χ3n) is 4.00. The molecule has 6 heteroatoms. The van der Waals surface area contributed by atoms with Gasteiger partial charge in [-0.1, -0.05) is 60.1 Å². The molecule has 0 unspecified atom stereocenters. The Hall–Kier alpha value is -2.79. The van der Waals surface area contributed by atoms with Gasteiger partial charge in [0.05, 0.1) is 19.3 Å². The Morgan fingerprint density at radius 3 is 2.54 bits per heavy atom. The van der Waals surface area contributed by atoms with Crippen LogP contribution >= 0.6 is 11.6 Å². The zero-order valence-corrected chi connectivity index (χ0v) is 15.4. The van der Waals surface area contributed by atoms with E-state index in [-0.39, 0.29) is 17.3 Å². The van der Waals surface area contributed by atoms with Crippen LogP contribution < -0.4 is 4.74 Å². The van der Waals surface area contributed by atoms with Gasteiger partial charge in [0.1, 0.15) is 23.1 Å². The van der Waals surface area contributed by atoms with E-state index < -0.39 is 5.97 Å². The average Bonchev–Trinajstić information content (AvgIpc) is 2.94. The second-order valence-electron chi connectivity index (χ2n) is 5.78. The number of aryl methyl sites for hydroxylation is 1. The Balaban J connectivity index is 1.75. The van der Waals surface area contributed by atoms with Crippen LogP contribution in [0.1, 0.15) is 27.2 Å². The van der Waals surface area contributed by atoms with Crippen molar-refractivity contribution in [2.75, 3.05) is 7.11 Å². The van der Waals surface area contributed by atoms with Crippen LogP contribution in [0.2, 0.25) is 5.15 Å². The number of methoxy groups -OCH3 is 1. The van der Waals surface area contributed by atoms with Crippen molar-refractivity contribution in [1.82, 2.24) is 9.78 Å². The number of ether oxygens (including phenoxy) is 2. The number of esters is 1. The first-order valence-electron chi connectivity index (χ1n) is 8.16. The molecule has 0 radical (unpaired) electrons. The second-order valence-corrected chi connectivity index (χ2v) is 6.14. The van der Waals surface area contributed by atoms with Gasteiger partial charge in [-0.05, 0) is 18.6 Å². The minimum absolute atomic E-state index is 0.0997. The Bertz CT molecular complexity index is 907. The van der Waals surface area contributed by atoms with Crippen LogP contribution in [0, 0.1) is 6.92 Å². The second kappa shape index (κ2) is 8.06. The molecule has 3 rings (SSSR count). The predicted octanol–water partition coefficient (Wildman–Crippen LogP) is 4.26. The molecule has 1 aromatic heterocycles. The molecule has 134 valence electrons. The highest BCUT2D eigenvalue weighted by Crippen LogP contribution is 2.24. The van der Waals surface area contributed by atoms with E-state index in [1.54, 1.807) is 18.7 Å². The smallest absolute Gasteiger partial charge is 0.343 e. The van der Waals surface area contributed by atoms with Crippen LogP contribution in [0.5, 0.6) is 5.75 Å². The van der Waals surface area contributed by atoms with Crippen molar-refractivity contribution < 1.29 is 14.3 Å². The normalized spacial score (nSPS) is 10.6. The van der Waals surface area contributed by atoms with Crippen LogP contribution in [0.15, 0.2) is 54.6 Å². The number of aromatic nitrogens is 2. The number of carbonyl (C=O) groups excluding carboxylic acids is 1. The van der Waals surface area contributed by atoms with Crippen molar-refractivity contribution >= 4 is 17.6 Å². The van der Waals surface area contributed by atoms with Crippen molar-refractivity contribution in [3.63, 3.8) is 0 Å². The van der Waals surface area contributed by atoms with Gasteiger partial charge in [-0.3, -0.25) is 0 Å². The molecule has 0 saturated carbocycles. The first-order valence-corrected chi connectivity index (χ1v) is 8.53. The summed E-state index contributed by atoms with van der Waals surface area (Å²) in [4.78, 5) is 12.5. The minimum atomic E-state index is -0.502. The van der Waals surface area contributed by atoms with Crippen molar-refractivity contribution in [2.24, 2.45) is 0 Å². The average molecular weight is 371 g/mol. The Kier molecular flexibility index (Phi) is 5.58. The summed E-state index contributed by atoms with van der Waals surface area (Å²) < 4.78 is 12.3. The van der Waals surface area contributed by atoms with Gasteiger partial charge >= 0.3 is 5.97 Å². The van der Waals surface area contributed by atoms with E-state index in [0.29, 0.717) is 18.0 Å². The van der Waals surface area contributed by atoms with Crippen molar-refractivity contribution in [3.05, 3.63) is 82.1 Å². The van der Waals surface area contributed by atoms with Gasteiger partial charge in [-0.25, -0.2) is 9.48 Å². The van der Waals surface area contributed by atoms with Gasteiger partial charge in [0.25, 0.3) is 0 Å². The number of hydrogen-bond acceptors (Lipinski definition) is 4. The molecular formula is C20H19ClN2O3. The van der Waals surface area contributed by atoms with E-state index in [2.05, 4.69) is 5.10 Å². The minimum Gasteiger partial charge on any atom is -0.496 e. The first kappa shape index (κ1) is 18.0. The summed E-state index contributed by atoms with van der Waals surface area (Å²) in [5, 5.41) is 4.65. The van der Waals surface area contributed by atoms with E-state index in [1.165, 1.54) is 0 Å². The molecule has 3 aromatic rings. The van der Waals surface area contributed by atoms with Crippen LogP contribution in [-0.2, 0) is 17.9 Å². The van der Waals surface area contributed by atoms with E-state index in [1.807, 2.05) is 54.6 Å². The van der Waals surface area contributed by atoms with Crippen LogP contribution in [0.25, 0.3) is 0 Å². The maximum Gasteiger partial charge on any atom is 0.343 e. The zero-order valence-electron chi connectivity index (χ0n) is 14.6. The van der Waals surface area contributed by atoms with Crippen LogP contribution in [0.4, 0.5) is 0 Å².